The van der Waals surface area contributed by atoms with E-state index >= 15 is 0 Å². The molecular weight excluding hydrogens is 328 g/mol. The molecule has 3 aromatic rings. The average Bonchev–Trinajstić information content (AvgIpc) is 3.01. The second-order valence-electron chi connectivity index (χ2n) is 6.34. The molecule has 0 aliphatic heterocycles. The number of aryl methyl sites for hydroxylation is 2. The molecule has 2 amide bonds. The lowest BCUT2D eigenvalue weighted by atomic mass is 10.0. The van der Waals surface area contributed by atoms with E-state index in [9.17, 15) is 9.59 Å². The Labute approximate surface area is 152 Å². The predicted molar refractivity (Wildman–Crippen MR) is 101 cm³/mol. The van der Waals surface area contributed by atoms with Crippen LogP contribution in [-0.4, -0.2) is 24.9 Å². The summed E-state index contributed by atoms with van der Waals surface area (Å²) in [6, 6.07) is 13.0. The van der Waals surface area contributed by atoms with Gasteiger partial charge in [0, 0.05) is 29.6 Å². The van der Waals surface area contributed by atoms with Crippen molar-refractivity contribution in [1.29, 1.82) is 0 Å². The zero-order chi connectivity index (χ0) is 18.5. The maximum atomic E-state index is 12.2. The molecule has 134 valence electrons. The van der Waals surface area contributed by atoms with Crippen molar-refractivity contribution in [2.75, 3.05) is 13.1 Å². The molecular formula is C21H22N2O3. The first kappa shape index (κ1) is 17.7. The van der Waals surface area contributed by atoms with E-state index in [1.165, 1.54) is 5.56 Å². The lowest BCUT2D eigenvalue weighted by Crippen LogP contribution is -2.35. The van der Waals surface area contributed by atoms with Crippen LogP contribution in [0.4, 0.5) is 0 Å². The van der Waals surface area contributed by atoms with Crippen molar-refractivity contribution < 1.29 is 14.0 Å². The summed E-state index contributed by atoms with van der Waals surface area (Å²) in [5, 5.41) is 6.58. The fourth-order valence-electron chi connectivity index (χ4n) is 2.78. The van der Waals surface area contributed by atoms with Crippen molar-refractivity contribution in [3.05, 3.63) is 71.0 Å². The van der Waals surface area contributed by atoms with Gasteiger partial charge in [-0.05, 0) is 49.2 Å². The van der Waals surface area contributed by atoms with Gasteiger partial charge >= 0.3 is 0 Å². The number of fused-ring (bicyclic) bond motifs is 1. The molecule has 0 aliphatic carbocycles. The lowest BCUT2D eigenvalue weighted by molar-refractivity contribution is -0.120. The smallest absolute Gasteiger partial charge is 0.251 e. The van der Waals surface area contributed by atoms with Crippen LogP contribution < -0.4 is 10.6 Å². The first-order valence-electron chi connectivity index (χ1n) is 8.62. The fourth-order valence-corrected chi connectivity index (χ4v) is 2.78. The minimum atomic E-state index is -0.147. The Morgan fingerprint density at radius 1 is 0.962 bits per heavy atom. The second-order valence-corrected chi connectivity index (χ2v) is 6.34. The normalized spacial score (nSPS) is 10.7. The third-order valence-corrected chi connectivity index (χ3v) is 4.39. The number of rotatable bonds is 6. The number of hydrogen-bond acceptors (Lipinski definition) is 3. The van der Waals surface area contributed by atoms with Gasteiger partial charge in [-0.3, -0.25) is 9.59 Å². The zero-order valence-corrected chi connectivity index (χ0v) is 15.0. The molecule has 1 aromatic heterocycles. The standard InChI is InChI=1S/C21H22N2O3/c1-14-10-18-17(13-26-19(18)11-15(14)2)12-20(24)22-8-9-23-21(25)16-6-4-3-5-7-16/h3-7,10-11,13H,8-9,12H2,1-2H3,(H,22,24)(H,23,25). The van der Waals surface area contributed by atoms with Crippen molar-refractivity contribution in [3.63, 3.8) is 0 Å². The summed E-state index contributed by atoms with van der Waals surface area (Å²) in [4.78, 5) is 24.1. The van der Waals surface area contributed by atoms with Crippen molar-refractivity contribution in [2.24, 2.45) is 0 Å². The van der Waals surface area contributed by atoms with E-state index in [0.717, 1.165) is 22.1 Å². The zero-order valence-electron chi connectivity index (χ0n) is 15.0. The molecule has 1 heterocycles. The summed E-state index contributed by atoms with van der Waals surface area (Å²) < 4.78 is 5.55. The molecule has 0 saturated carbocycles. The number of nitrogens with one attached hydrogen (secondary N) is 2. The van der Waals surface area contributed by atoms with Crippen molar-refractivity contribution in [2.45, 2.75) is 20.3 Å². The quantitative estimate of drug-likeness (QED) is 0.671. The van der Waals surface area contributed by atoms with E-state index in [2.05, 4.69) is 16.7 Å². The highest BCUT2D eigenvalue weighted by molar-refractivity contribution is 5.94. The maximum Gasteiger partial charge on any atom is 0.251 e. The SMILES string of the molecule is Cc1cc2occ(CC(=O)NCCNC(=O)c3ccccc3)c2cc1C. The van der Waals surface area contributed by atoms with Gasteiger partial charge in [-0.15, -0.1) is 0 Å². The molecule has 0 atom stereocenters. The van der Waals surface area contributed by atoms with Crippen LogP contribution in [0.5, 0.6) is 0 Å². The first-order valence-corrected chi connectivity index (χ1v) is 8.62. The molecule has 0 radical (unpaired) electrons. The topological polar surface area (TPSA) is 71.3 Å². The predicted octanol–water partition coefficient (Wildman–Crippen LogP) is 3.14. The first-order chi connectivity index (χ1) is 12.5. The molecule has 0 unspecified atom stereocenters. The van der Waals surface area contributed by atoms with Crippen LogP contribution >= 0.6 is 0 Å². The summed E-state index contributed by atoms with van der Waals surface area (Å²) in [5.74, 6) is -0.244. The largest absolute Gasteiger partial charge is 0.464 e. The van der Waals surface area contributed by atoms with Crippen molar-refractivity contribution in [1.82, 2.24) is 10.6 Å². The molecule has 0 aliphatic rings. The highest BCUT2D eigenvalue weighted by Gasteiger charge is 2.11. The Morgan fingerprint density at radius 2 is 1.65 bits per heavy atom. The molecule has 2 N–H and O–H groups in total. The fraction of sp³-hybridized carbons (Fsp3) is 0.238. The van der Waals surface area contributed by atoms with Gasteiger partial charge < -0.3 is 15.1 Å². The van der Waals surface area contributed by atoms with Crippen LogP contribution in [0.25, 0.3) is 11.0 Å². The van der Waals surface area contributed by atoms with Gasteiger partial charge in [0.25, 0.3) is 5.91 Å². The minimum absolute atomic E-state index is 0.0973. The summed E-state index contributed by atoms with van der Waals surface area (Å²) in [7, 11) is 0. The van der Waals surface area contributed by atoms with Gasteiger partial charge in [-0.1, -0.05) is 18.2 Å². The number of hydrogen-bond donors (Lipinski definition) is 2. The van der Waals surface area contributed by atoms with Crippen LogP contribution in [-0.2, 0) is 11.2 Å². The second kappa shape index (κ2) is 7.87. The third kappa shape index (κ3) is 4.11. The Morgan fingerprint density at radius 3 is 2.42 bits per heavy atom. The average molecular weight is 350 g/mol. The minimum Gasteiger partial charge on any atom is -0.464 e. The van der Waals surface area contributed by atoms with Gasteiger partial charge in [0.2, 0.25) is 5.91 Å². The molecule has 26 heavy (non-hydrogen) atoms. The third-order valence-electron chi connectivity index (χ3n) is 4.39. The van der Waals surface area contributed by atoms with Crippen LogP contribution in [0.2, 0.25) is 0 Å². The van der Waals surface area contributed by atoms with E-state index in [-0.39, 0.29) is 18.2 Å². The summed E-state index contributed by atoms with van der Waals surface area (Å²) in [6.07, 6.45) is 1.89. The van der Waals surface area contributed by atoms with E-state index in [1.54, 1.807) is 18.4 Å². The summed E-state index contributed by atoms with van der Waals surface area (Å²) >= 11 is 0. The summed E-state index contributed by atoms with van der Waals surface area (Å²) in [6.45, 7) is 4.84. The van der Waals surface area contributed by atoms with Gasteiger partial charge in [-0.2, -0.15) is 0 Å². The highest BCUT2D eigenvalue weighted by Crippen LogP contribution is 2.25. The van der Waals surface area contributed by atoms with Gasteiger partial charge in [0.15, 0.2) is 0 Å². The molecule has 0 saturated heterocycles. The van der Waals surface area contributed by atoms with Crippen LogP contribution in [0.3, 0.4) is 0 Å². The number of amides is 2. The summed E-state index contributed by atoms with van der Waals surface area (Å²) in [5.41, 5.74) is 4.61. The van der Waals surface area contributed by atoms with Crippen molar-refractivity contribution in [3.8, 4) is 0 Å². The van der Waals surface area contributed by atoms with E-state index in [0.29, 0.717) is 18.7 Å². The number of furan rings is 1. The van der Waals surface area contributed by atoms with Crippen molar-refractivity contribution >= 4 is 22.8 Å². The van der Waals surface area contributed by atoms with E-state index in [1.807, 2.05) is 38.1 Å². The van der Waals surface area contributed by atoms with Crippen LogP contribution in [0, 0.1) is 13.8 Å². The Bertz CT molecular complexity index is 929. The molecule has 0 fully saturated rings. The molecule has 2 aromatic carbocycles. The Kier molecular flexibility index (Phi) is 5.37. The van der Waals surface area contributed by atoms with Gasteiger partial charge in [0.05, 0.1) is 12.7 Å². The highest BCUT2D eigenvalue weighted by atomic mass is 16.3. The number of benzene rings is 2. The van der Waals surface area contributed by atoms with Crippen LogP contribution in [0.1, 0.15) is 27.0 Å². The molecule has 5 heteroatoms. The van der Waals surface area contributed by atoms with E-state index in [4.69, 9.17) is 4.42 Å². The Balaban J connectivity index is 1.49. The number of carbonyl (C=O) groups is 2. The van der Waals surface area contributed by atoms with Crippen LogP contribution in [0.15, 0.2) is 53.1 Å². The number of carbonyl (C=O) groups excluding carboxylic acids is 2. The van der Waals surface area contributed by atoms with Gasteiger partial charge in [-0.25, -0.2) is 0 Å². The lowest BCUT2D eigenvalue weighted by Gasteiger charge is -2.07. The molecule has 0 spiro atoms. The molecule has 3 rings (SSSR count). The molecule has 5 nitrogen and oxygen atoms in total. The van der Waals surface area contributed by atoms with Gasteiger partial charge in [0.1, 0.15) is 5.58 Å². The Hall–Kier alpha value is -3.08. The monoisotopic (exact) mass is 350 g/mol. The van der Waals surface area contributed by atoms with E-state index < -0.39 is 0 Å². The molecule has 0 bridgehead atoms. The maximum absolute atomic E-state index is 12.2.